The van der Waals surface area contributed by atoms with Gasteiger partial charge in [-0.05, 0) is 148 Å². The molecule has 1 heterocycles. The molecule has 5 aromatic rings. The second kappa shape index (κ2) is 11.2. The van der Waals surface area contributed by atoms with E-state index < -0.39 is 0 Å². The zero-order valence-corrected chi connectivity index (χ0v) is 27.0. The number of aromatic nitrogens is 3. The molecule has 0 bridgehead atoms. The Kier molecular flexibility index (Phi) is 7.76. The lowest BCUT2D eigenvalue weighted by Crippen LogP contribution is -2.15. The topological polar surface area (TPSA) is 41.9 Å². The first-order chi connectivity index (χ1) is 19.9. The molecule has 0 aliphatic heterocycles. The van der Waals surface area contributed by atoms with E-state index in [-0.39, 0.29) is 0 Å². The van der Waals surface area contributed by atoms with Crippen LogP contribution in [0.15, 0.2) is 54.9 Å². The highest BCUT2D eigenvalue weighted by atomic mass is 15.1. The second-order valence-electron chi connectivity index (χ2n) is 11.9. The van der Waals surface area contributed by atoms with Crippen LogP contribution in [0.2, 0.25) is 0 Å². The van der Waals surface area contributed by atoms with Crippen molar-refractivity contribution in [2.45, 2.75) is 69.2 Å². The van der Waals surface area contributed by atoms with Gasteiger partial charge in [-0.2, -0.15) is 0 Å². The van der Waals surface area contributed by atoms with Crippen molar-refractivity contribution in [2.75, 3.05) is 11.9 Å². The molecular formula is C38H42N4. The van der Waals surface area contributed by atoms with Gasteiger partial charge >= 0.3 is 0 Å². The number of hydrogen-bond donors (Lipinski definition) is 0. The summed E-state index contributed by atoms with van der Waals surface area (Å²) in [6.07, 6.45) is 1.66. The molecule has 214 valence electrons. The maximum absolute atomic E-state index is 5.07. The van der Waals surface area contributed by atoms with Gasteiger partial charge in [-0.25, -0.2) is 15.0 Å². The van der Waals surface area contributed by atoms with Crippen LogP contribution in [-0.2, 0) is 0 Å². The molecule has 5 rings (SSSR count). The lowest BCUT2D eigenvalue weighted by atomic mass is 9.90. The summed E-state index contributed by atoms with van der Waals surface area (Å²) in [6, 6.07) is 17.7. The van der Waals surface area contributed by atoms with E-state index in [1.165, 1.54) is 72.4 Å². The third-order valence-corrected chi connectivity index (χ3v) is 9.33. The quantitative estimate of drug-likeness (QED) is 0.217. The number of benzene rings is 4. The van der Waals surface area contributed by atoms with Gasteiger partial charge < -0.3 is 4.90 Å². The van der Waals surface area contributed by atoms with Crippen molar-refractivity contribution in [3.63, 3.8) is 0 Å². The van der Waals surface area contributed by atoms with E-state index >= 15 is 0 Å². The number of anilines is 2. The van der Waals surface area contributed by atoms with Crippen LogP contribution in [0, 0.1) is 69.2 Å². The Bertz CT molecular complexity index is 1750. The van der Waals surface area contributed by atoms with Gasteiger partial charge in [-0.1, -0.05) is 36.4 Å². The molecule has 0 amide bonds. The molecule has 0 aliphatic carbocycles. The molecule has 0 aliphatic rings. The van der Waals surface area contributed by atoms with Crippen molar-refractivity contribution in [1.82, 2.24) is 15.0 Å². The van der Waals surface area contributed by atoms with Crippen LogP contribution in [-0.4, -0.2) is 22.0 Å². The highest BCUT2D eigenvalue weighted by Crippen LogP contribution is 2.40. The third kappa shape index (κ3) is 4.89. The van der Waals surface area contributed by atoms with Crippen molar-refractivity contribution < 1.29 is 0 Å². The van der Waals surface area contributed by atoms with E-state index in [0.29, 0.717) is 0 Å². The Morgan fingerprint density at radius 3 is 1.48 bits per heavy atom. The molecular weight excluding hydrogens is 512 g/mol. The lowest BCUT2D eigenvalue weighted by molar-refractivity contribution is 1.04. The molecule has 0 radical (unpaired) electrons. The fourth-order valence-electron chi connectivity index (χ4n) is 6.47. The van der Waals surface area contributed by atoms with E-state index in [1.807, 2.05) is 0 Å². The van der Waals surface area contributed by atoms with Gasteiger partial charge in [0.15, 0.2) is 11.6 Å². The lowest BCUT2D eigenvalue weighted by Gasteiger charge is -2.28. The SMILES string of the molecule is Cc1cc(C)c(C)c(-c2ncnc(-c3c(C)c(C)c(N(C)c4ccc(-c5c(C)cccc5C)cc4)c(C)c3C)n2)c1C. The van der Waals surface area contributed by atoms with Gasteiger partial charge in [0.1, 0.15) is 6.33 Å². The second-order valence-corrected chi connectivity index (χ2v) is 11.9. The molecule has 1 aromatic heterocycles. The molecule has 0 fully saturated rings. The Balaban J connectivity index is 1.57. The first-order valence-corrected chi connectivity index (χ1v) is 14.7. The minimum Gasteiger partial charge on any atom is -0.344 e. The predicted octanol–water partition coefficient (Wildman–Crippen LogP) is 9.72. The number of rotatable bonds is 5. The zero-order chi connectivity index (χ0) is 30.5. The van der Waals surface area contributed by atoms with Crippen LogP contribution in [0.25, 0.3) is 33.9 Å². The standard InChI is InChI=1S/C38H42N4/c1-21-13-12-14-22(2)33(21)31-15-17-32(18-16-31)42(11)36-29(9)27(7)35(28(8)30(36)10)38-40-20-39-37(41-38)34-25(5)23(3)19-24(4)26(34)6/h12-20H,1-11H3. The van der Waals surface area contributed by atoms with Crippen molar-refractivity contribution in [1.29, 1.82) is 0 Å². The Hall–Kier alpha value is -4.31. The summed E-state index contributed by atoms with van der Waals surface area (Å²) in [5.41, 5.74) is 19.5. The van der Waals surface area contributed by atoms with Crippen LogP contribution in [0.5, 0.6) is 0 Å². The van der Waals surface area contributed by atoms with Crippen LogP contribution in [0.4, 0.5) is 11.4 Å². The Morgan fingerprint density at radius 2 is 0.976 bits per heavy atom. The minimum absolute atomic E-state index is 0.728. The van der Waals surface area contributed by atoms with Crippen LogP contribution >= 0.6 is 0 Å². The average molecular weight is 555 g/mol. The summed E-state index contributed by atoms with van der Waals surface area (Å²) < 4.78 is 0. The van der Waals surface area contributed by atoms with Gasteiger partial charge in [0.2, 0.25) is 0 Å². The van der Waals surface area contributed by atoms with E-state index in [4.69, 9.17) is 9.97 Å². The van der Waals surface area contributed by atoms with Crippen molar-refractivity contribution in [3.8, 4) is 33.9 Å². The smallest absolute Gasteiger partial charge is 0.163 e. The van der Waals surface area contributed by atoms with Crippen LogP contribution in [0.3, 0.4) is 0 Å². The molecule has 0 unspecified atom stereocenters. The zero-order valence-electron chi connectivity index (χ0n) is 27.0. The molecule has 0 saturated carbocycles. The van der Waals surface area contributed by atoms with E-state index in [0.717, 1.165) is 28.5 Å². The number of nitrogens with zero attached hydrogens (tertiary/aromatic N) is 4. The van der Waals surface area contributed by atoms with Gasteiger partial charge in [0, 0.05) is 29.5 Å². The maximum Gasteiger partial charge on any atom is 0.163 e. The van der Waals surface area contributed by atoms with Crippen LogP contribution in [0.1, 0.15) is 55.6 Å². The fourth-order valence-corrected chi connectivity index (χ4v) is 6.47. The van der Waals surface area contributed by atoms with Crippen molar-refractivity contribution in [3.05, 3.63) is 110 Å². The molecule has 0 spiro atoms. The predicted molar refractivity (Wildman–Crippen MR) is 178 cm³/mol. The average Bonchev–Trinajstić information content (AvgIpc) is 2.96. The van der Waals surface area contributed by atoms with E-state index in [1.54, 1.807) is 6.33 Å². The number of hydrogen-bond acceptors (Lipinski definition) is 4. The van der Waals surface area contributed by atoms with Crippen molar-refractivity contribution >= 4 is 11.4 Å². The number of aryl methyl sites for hydroxylation is 4. The Morgan fingerprint density at radius 1 is 0.500 bits per heavy atom. The summed E-state index contributed by atoms with van der Waals surface area (Å²) in [5, 5.41) is 0. The fraction of sp³-hybridized carbons (Fsp3) is 0.289. The summed E-state index contributed by atoms with van der Waals surface area (Å²) in [7, 11) is 2.16. The molecule has 4 heteroatoms. The van der Waals surface area contributed by atoms with Gasteiger partial charge in [0.25, 0.3) is 0 Å². The molecule has 4 nitrogen and oxygen atoms in total. The molecule has 0 saturated heterocycles. The highest BCUT2D eigenvalue weighted by molar-refractivity contribution is 5.81. The summed E-state index contributed by atoms with van der Waals surface area (Å²) in [4.78, 5) is 16.7. The molecule has 0 atom stereocenters. The largest absolute Gasteiger partial charge is 0.344 e. The minimum atomic E-state index is 0.728. The normalized spacial score (nSPS) is 11.2. The molecule has 0 N–H and O–H groups in total. The van der Waals surface area contributed by atoms with E-state index in [9.17, 15) is 0 Å². The first-order valence-electron chi connectivity index (χ1n) is 14.7. The summed E-state index contributed by atoms with van der Waals surface area (Å²) in [5.74, 6) is 1.47. The van der Waals surface area contributed by atoms with Gasteiger partial charge in [0.05, 0.1) is 0 Å². The Labute approximate surface area is 251 Å². The van der Waals surface area contributed by atoms with Crippen molar-refractivity contribution in [2.24, 2.45) is 0 Å². The highest BCUT2D eigenvalue weighted by Gasteiger charge is 2.22. The first kappa shape index (κ1) is 29.2. The van der Waals surface area contributed by atoms with Gasteiger partial charge in [-0.3, -0.25) is 0 Å². The third-order valence-electron chi connectivity index (χ3n) is 9.33. The molecule has 42 heavy (non-hydrogen) atoms. The van der Waals surface area contributed by atoms with Gasteiger partial charge in [-0.15, -0.1) is 0 Å². The summed E-state index contributed by atoms with van der Waals surface area (Å²) in [6.45, 7) is 21.8. The maximum atomic E-state index is 5.07. The van der Waals surface area contributed by atoms with Crippen LogP contribution < -0.4 is 4.90 Å². The molecule has 4 aromatic carbocycles. The summed E-state index contributed by atoms with van der Waals surface area (Å²) >= 11 is 0. The van der Waals surface area contributed by atoms with E-state index in [2.05, 4.69) is 135 Å². The monoisotopic (exact) mass is 554 g/mol.